The molecule has 4 fully saturated rings. The standard InChI is InChI=1S/C24H40O18/c1-6-17(40-22-14(31)11(28)9(27)5-35-22)13(30)16(33)23(37-6)42-20-19(18(38-8(3)26)7(2)36-21(20)34)41-24-15(32)12(29)10(4-25)39-24/h6-7,9-25,27-34H,4-5H2,1-3H3/t6-,7+,9+,10-,11-,12-,13-,14+,15+,16+,17-,18-,19-,20+,21+,22-,23-,24-/m0/s1. The second kappa shape index (κ2) is 13.9. The van der Waals surface area contributed by atoms with Crippen LogP contribution in [0.25, 0.3) is 0 Å². The maximum Gasteiger partial charge on any atom is 0.303 e. The Hall–Kier alpha value is -1.17. The Labute approximate surface area is 239 Å². The molecule has 18 heteroatoms. The molecule has 9 N–H and O–H groups in total. The van der Waals surface area contributed by atoms with Gasteiger partial charge in [0, 0.05) is 6.92 Å². The van der Waals surface area contributed by atoms with Gasteiger partial charge in [0.25, 0.3) is 0 Å². The van der Waals surface area contributed by atoms with Crippen molar-refractivity contribution in [2.45, 2.75) is 131 Å². The average Bonchev–Trinajstić information content (AvgIpc) is 3.20. The molecular weight excluding hydrogens is 576 g/mol. The van der Waals surface area contributed by atoms with E-state index in [0.29, 0.717) is 0 Å². The first-order valence-corrected chi connectivity index (χ1v) is 13.5. The van der Waals surface area contributed by atoms with Crippen LogP contribution in [0.4, 0.5) is 0 Å². The van der Waals surface area contributed by atoms with Crippen LogP contribution in [-0.4, -0.2) is 176 Å². The average molecular weight is 617 g/mol. The predicted molar refractivity (Wildman–Crippen MR) is 129 cm³/mol. The summed E-state index contributed by atoms with van der Waals surface area (Å²) in [7, 11) is 0. The molecule has 0 radical (unpaired) electrons. The molecule has 18 atom stereocenters. The van der Waals surface area contributed by atoms with Crippen LogP contribution in [0.15, 0.2) is 0 Å². The van der Waals surface area contributed by atoms with Gasteiger partial charge in [-0.3, -0.25) is 4.79 Å². The SMILES string of the molecule is CC(=O)O[C@@H]1[C@H](O[C@@H]2O[C@@H](CO)[C@H](O)[C@H]2O)[C@@H](O[C@@H]2O[C@@H](C)[C@H](O[C@@H]3OC[C@@H](O)[C@H](O)[C@H]3O)[C@@H](O)[C@H]2O)[C@H](O)O[C@@H]1C. The Morgan fingerprint density at radius 2 is 1.21 bits per heavy atom. The lowest BCUT2D eigenvalue weighted by Crippen LogP contribution is -2.65. The van der Waals surface area contributed by atoms with Gasteiger partial charge in [0.1, 0.15) is 67.1 Å². The van der Waals surface area contributed by atoms with Crippen LogP contribution in [0.2, 0.25) is 0 Å². The molecule has 0 spiro atoms. The van der Waals surface area contributed by atoms with Crippen molar-refractivity contribution in [3.05, 3.63) is 0 Å². The van der Waals surface area contributed by atoms with Crippen molar-refractivity contribution < 1.29 is 88.6 Å². The molecule has 42 heavy (non-hydrogen) atoms. The van der Waals surface area contributed by atoms with E-state index in [4.69, 9.17) is 37.9 Å². The van der Waals surface area contributed by atoms with Crippen molar-refractivity contribution in [1.82, 2.24) is 0 Å². The summed E-state index contributed by atoms with van der Waals surface area (Å²) < 4.78 is 44.2. The molecule has 0 amide bonds. The molecule has 0 bridgehead atoms. The second-order valence-corrected chi connectivity index (χ2v) is 10.8. The molecule has 0 saturated carbocycles. The monoisotopic (exact) mass is 616 g/mol. The molecular formula is C24H40O18. The number of rotatable bonds is 8. The van der Waals surface area contributed by atoms with Gasteiger partial charge >= 0.3 is 5.97 Å². The molecule has 4 aliphatic rings. The summed E-state index contributed by atoms with van der Waals surface area (Å²) in [6, 6.07) is 0. The Bertz CT molecular complexity index is 895. The fraction of sp³-hybridized carbons (Fsp3) is 0.958. The van der Waals surface area contributed by atoms with E-state index in [-0.39, 0.29) is 6.61 Å². The zero-order chi connectivity index (χ0) is 31.0. The number of hydrogen-bond acceptors (Lipinski definition) is 18. The third-order valence-corrected chi connectivity index (χ3v) is 7.65. The summed E-state index contributed by atoms with van der Waals surface area (Å²) >= 11 is 0. The van der Waals surface area contributed by atoms with Crippen LogP contribution in [0.1, 0.15) is 20.8 Å². The van der Waals surface area contributed by atoms with Gasteiger partial charge in [-0.1, -0.05) is 0 Å². The topological polar surface area (TPSA) is 273 Å². The molecule has 0 aromatic rings. The largest absolute Gasteiger partial charge is 0.457 e. The highest BCUT2D eigenvalue weighted by molar-refractivity contribution is 5.66. The third-order valence-electron chi connectivity index (χ3n) is 7.65. The fourth-order valence-electron chi connectivity index (χ4n) is 5.29. The van der Waals surface area contributed by atoms with Gasteiger partial charge in [0.2, 0.25) is 0 Å². The lowest BCUT2D eigenvalue weighted by molar-refractivity contribution is -0.381. The van der Waals surface area contributed by atoms with Crippen molar-refractivity contribution in [2.24, 2.45) is 0 Å². The van der Waals surface area contributed by atoms with E-state index in [2.05, 4.69) is 0 Å². The minimum Gasteiger partial charge on any atom is -0.457 e. The van der Waals surface area contributed by atoms with E-state index in [9.17, 15) is 50.8 Å². The van der Waals surface area contributed by atoms with Crippen LogP contribution in [-0.2, 0) is 42.7 Å². The Morgan fingerprint density at radius 1 is 0.667 bits per heavy atom. The number of ether oxygens (including phenoxy) is 8. The van der Waals surface area contributed by atoms with E-state index in [1.807, 2.05) is 0 Å². The Kier molecular flexibility index (Phi) is 11.1. The second-order valence-electron chi connectivity index (χ2n) is 10.8. The fourth-order valence-corrected chi connectivity index (χ4v) is 5.29. The van der Waals surface area contributed by atoms with E-state index in [1.54, 1.807) is 0 Å². The van der Waals surface area contributed by atoms with Crippen LogP contribution in [0, 0.1) is 0 Å². The molecule has 4 saturated heterocycles. The Morgan fingerprint density at radius 3 is 1.83 bits per heavy atom. The van der Waals surface area contributed by atoms with Crippen molar-refractivity contribution >= 4 is 5.97 Å². The Balaban J connectivity index is 1.50. The number of hydrogen-bond donors (Lipinski definition) is 9. The van der Waals surface area contributed by atoms with Crippen LogP contribution >= 0.6 is 0 Å². The highest BCUT2D eigenvalue weighted by atomic mass is 16.8. The summed E-state index contributed by atoms with van der Waals surface area (Å²) in [5, 5.41) is 92.2. The summed E-state index contributed by atoms with van der Waals surface area (Å²) in [5.74, 6) is -0.761. The first-order valence-electron chi connectivity index (χ1n) is 13.5. The number of esters is 1. The first kappa shape index (κ1) is 33.7. The molecule has 4 aliphatic heterocycles. The van der Waals surface area contributed by atoms with Crippen molar-refractivity contribution in [3.8, 4) is 0 Å². The molecule has 244 valence electrons. The van der Waals surface area contributed by atoms with Crippen LogP contribution in [0.3, 0.4) is 0 Å². The van der Waals surface area contributed by atoms with Gasteiger partial charge in [-0.15, -0.1) is 0 Å². The summed E-state index contributed by atoms with van der Waals surface area (Å²) in [5.41, 5.74) is 0. The molecule has 0 aromatic carbocycles. The molecule has 4 rings (SSSR count). The number of aliphatic hydroxyl groups is 9. The smallest absolute Gasteiger partial charge is 0.303 e. The van der Waals surface area contributed by atoms with Crippen molar-refractivity contribution in [2.75, 3.05) is 13.2 Å². The lowest BCUT2D eigenvalue weighted by atomic mass is 9.97. The van der Waals surface area contributed by atoms with Gasteiger partial charge in [0.15, 0.2) is 31.3 Å². The highest BCUT2D eigenvalue weighted by Crippen LogP contribution is 2.35. The van der Waals surface area contributed by atoms with Crippen molar-refractivity contribution in [1.29, 1.82) is 0 Å². The van der Waals surface area contributed by atoms with Gasteiger partial charge in [0.05, 0.1) is 25.4 Å². The minimum absolute atomic E-state index is 0.367. The normalized spacial score (nSPS) is 51.8. The number of carbonyl (C=O) groups is 1. The third kappa shape index (κ3) is 6.89. The zero-order valence-electron chi connectivity index (χ0n) is 23.0. The quantitative estimate of drug-likeness (QED) is 0.115. The van der Waals surface area contributed by atoms with E-state index < -0.39 is 123 Å². The molecule has 18 nitrogen and oxygen atoms in total. The predicted octanol–water partition coefficient (Wildman–Crippen LogP) is -5.84. The molecule has 4 heterocycles. The first-order chi connectivity index (χ1) is 19.7. The van der Waals surface area contributed by atoms with Crippen molar-refractivity contribution in [3.63, 3.8) is 0 Å². The number of aliphatic hydroxyl groups excluding tert-OH is 9. The number of carbonyl (C=O) groups excluding carboxylic acids is 1. The maximum atomic E-state index is 11.9. The van der Waals surface area contributed by atoms with Crippen LogP contribution < -0.4 is 0 Å². The summed E-state index contributed by atoms with van der Waals surface area (Å²) in [6.07, 6.45) is -26.8. The van der Waals surface area contributed by atoms with Gasteiger partial charge in [-0.05, 0) is 13.8 Å². The molecule has 0 unspecified atom stereocenters. The molecule has 0 aromatic heterocycles. The highest BCUT2D eigenvalue weighted by Gasteiger charge is 2.55. The van der Waals surface area contributed by atoms with E-state index >= 15 is 0 Å². The van der Waals surface area contributed by atoms with Gasteiger partial charge in [-0.25, -0.2) is 0 Å². The minimum atomic E-state index is -1.85. The van der Waals surface area contributed by atoms with E-state index in [0.717, 1.165) is 6.92 Å². The van der Waals surface area contributed by atoms with Gasteiger partial charge in [-0.2, -0.15) is 0 Å². The summed E-state index contributed by atoms with van der Waals surface area (Å²) in [6.45, 7) is 2.98. The lowest BCUT2D eigenvalue weighted by Gasteiger charge is -2.48. The molecule has 0 aliphatic carbocycles. The maximum absolute atomic E-state index is 11.9. The summed E-state index contributed by atoms with van der Waals surface area (Å²) in [4.78, 5) is 11.9. The van der Waals surface area contributed by atoms with E-state index in [1.165, 1.54) is 13.8 Å². The van der Waals surface area contributed by atoms with Crippen LogP contribution in [0.5, 0.6) is 0 Å². The van der Waals surface area contributed by atoms with Gasteiger partial charge < -0.3 is 83.9 Å². The zero-order valence-corrected chi connectivity index (χ0v) is 23.0.